The van der Waals surface area contributed by atoms with Gasteiger partial charge in [0.25, 0.3) is 0 Å². The Morgan fingerprint density at radius 3 is 3.12 bits per heavy atom. The molecule has 1 aromatic heterocycles. The minimum Gasteiger partial charge on any atom is -0.313 e. The number of rotatable bonds is 5. The van der Waals surface area contributed by atoms with Crippen molar-refractivity contribution in [2.45, 2.75) is 39.3 Å². The summed E-state index contributed by atoms with van der Waals surface area (Å²) >= 11 is 2.08. The highest BCUT2D eigenvalue weighted by atomic mass is 32.2. The number of nitrogens with zero attached hydrogens (tertiary/aromatic N) is 2. The van der Waals surface area contributed by atoms with Gasteiger partial charge in [-0.1, -0.05) is 13.8 Å². The third-order valence-electron chi connectivity index (χ3n) is 3.63. The van der Waals surface area contributed by atoms with E-state index in [9.17, 15) is 0 Å². The summed E-state index contributed by atoms with van der Waals surface area (Å²) in [6.07, 6.45) is 6.35. The van der Waals surface area contributed by atoms with E-state index in [1.165, 1.54) is 17.9 Å². The number of hydrogen-bond donors (Lipinski definition) is 1. The summed E-state index contributed by atoms with van der Waals surface area (Å²) in [6.45, 7) is 6.88. The van der Waals surface area contributed by atoms with Crippen molar-refractivity contribution in [3.63, 3.8) is 0 Å². The molecule has 1 aliphatic rings. The third kappa shape index (κ3) is 3.75. The molecule has 0 radical (unpaired) electrons. The smallest absolute Gasteiger partial charge is 0.0489 e. The molecule has 3 nitrogen and oxygen atoms in total. The largest absolute Gasteiger partial charge is 0.313 e. The highest BCUT2D eigenvalue weighted by Gasteiger charge is 2.31. The van der Waals surface area contributed by atoms with Gasteiger partial charge in [0.1, 0.15) is 0 Å². The second-order valence-electron chi connectivity index (χ2n) is 5.44. The van der Waals surface area contributed by atoms with Gasteiger partial charge >= 0.3 is 0 Å². The van der Waals surface area contributed by atoms with Crippen molar-refractivity contribution in [1.82, 2.24) is 15.1 Å². The third-order valence-corrected chi connectivity index (χ3v) is 4.69. The highest BCUT2D eigenvalue weighted by molar-refractivity contribution is 7.99. The van der Waals surface area contributed by atoms with E-state index in [4.69, 9.17) is 0 Å². The molecular formula is C13H23N3S. The highest BCUT2D eigenvalue weighted by Crippen LogP contribution is 2.33. The fourth-order valence-electron chi connectivity index (χ4n) is 2.22. The van der Waals surface area contributed by atoms with Gasteiger partial charge in [-0.25, -0.2) is 0 Å². The monoisotopic (exact) mass is 253 g/mol. The Hall–Kier alpha value is -0.480. The normalized spacial score (nSPS) is 23.8. The molecule has 4 heteroatoms. The van der Waals surface area contributed by atoms with Gasteiger partial charge in [0.15, 0.2) is 0 Å². The number of hydrogen-bond acceptors (Lipinski definition) is 3. The summed E-state index contributed by atoms with van der Waals surface area (Å²) in [4.78, 5) is 0. The average molecular weight is 253 g/mol. The molecule has 96 valence electrons. The maximum Gasteiger partial charge on any atom is 0.0489 e. The van der Waals surface area contributed by atoms with Crippen molar-refractivity contribution in [2.24, 2.45) is 5.41 Å². The first-order valence-electron chi connectivity index (χ1n) is 6.47. The summed E-state index contributed by atoms with van der Waals surface area (Å²) in [6, 6.07) is 2.65. The van der Waals surface area contributed by atoms with Gasteiger partial charge in [0.05, 0.1) is 0 Å². The maximum atomic E-state index is 4.21. The molecule has 2 heterocycles. The van der Waals surface area contributed by atoms with Crippen molar-refractivity contribution in [2.75, 3.05) is 18.1 Å². The van der Waals surface area contributed by atoms with Gasteiger partial charge < -0.3 is 5.32 Å². The zero-order valence-electron chi connectivity index (χ0n) is 10.9. The molecule has 1 saturated heterocycles. The summed E-state index contributed by atoms with van der Waals surface area (Å²) in [7, 11) is 0. The second kappa shape index (κ2) is 5.91. The molecule has 0 amide bonds. The predicted octanol–water partition coefficient (Wildman–Crippen LogP) is 2.39. The van der Waals surface area contributed by atoms with Crippen molar-refractivity contribution in [3.05, 3.63) is 18.5 Å². The van der Waals surface area contributed by atoms with Crippen LogP contribution < -0.4 is 5.32 Å². The van der Waals surface area contributed by atoms with Crippen LogP contribution in [-0.4, -0.2) is 33.9 Å². The van der Waals surface area contributed by atoms with Crippen molar-refractivity contribution in [3.8, 4) is 0 Å². The molecule has 1 fully saturated rings. The van der Waals surface area contributed by atoms with E-state index in [1.54, 1.807) is 0 Å². The summed E-state index contributed by atoms with van der Waals surface area (Å²) < 4.78 is 2.00. The number of thioether (sulfide) groups is 1. The molecule has 1 N–H and O–H groups in total. The lowest BCUT2D eigenvalue weighted by atomic mass is 9.82. The van der Waals surface area contributed by atoms with Crippen LogP contribution in [0.1, 0.15) is 26.7 Å². The van der Waals surface area contributed by atoms with Crippen LogP contribution in [-0.2, 0) is 6.54 Å². The molecule has 0 bridgehead atoms. The molecule has 0 spiro atoms. The van der Waals surface area contributed by atoms with E-state index >= 15 is 0 Å². The zero-order valence-corrected chi connectivity index (χ0v) is 11.7. The van der Waals surface area contributed by atoms with Gasteiger partial charge in [-0.2, -0.15) is 16.9 Å². The van der Waals surface area contributed by atoms with E-state index in [0.29, 0.717) is 11.5 Å². The van der Waals surface area contributed by atoms with Crippen molar-refractivity contribution in [1.29, 1.82) is 0 Å². The second-order valence-corrected chi connectivity index (χ2v) is 6.59. The molecule has 0 aliphatic carbocycles. The van der Waals surface area contributed by atoms with Crippen molar-refractivity contribution >= 4 is 11.8 Å². The minimum atomic E-state index is 0.455. The lowest BCUT2D eigenvalue weighted by molar-refractivity contribution is 0.245. The molecule has 1 aromatic rings. The Morgan fingerprint density at radius 1 is 1.53 bits per heavy atom. The Bertz CT molecular complexity index is 321. The SMILES string of the molecule is CC1(C)CCSCC1NCCCn1cccn1. The van der Waals surface area contributed by atoms with E-state index in [2.05, 4.69) is 36.0 Å². The molecule has 2 rings (SSSR count). The van der Waals surface area contributed by atoms with Crippen LogP contribution in [0.5, 0.6) is 0 Å². The van der Waals surface area contributed by atoms with Crippen LogP contribution in [0.3, 0.4) is 0 Å². The summed E-state index contributed by atoms with van der Waals surface area (Å²) in [5, 5.41) is 7.93. The standard InChI is InChI=1S/C13H23N3S/c1-13(2)5-10-17-11-12(13)14-6-3-8-16-9-4-7-15-16/h4,7,9,12,14H,3,5-6,8,10-11H2,1-2H3. The van der Waals surface area contributed by atoms with Crippen LogP contribution in [0.2, 0.25) is 0 Å². The topological polar surface area (TPSA) is 29.9 Å². The van der Waals surface area contributed by atoms with Crippen molar-refractivity contribution < 1.29 is 0 Å². The number of aromatic nitrogens is 2. The Morgan fingerprint density at radius 2 is 2.41 bits per heavy atom. The van der Waals surface area contributed by atoms with E-state index < -0.39 is 0 Å². The zero-order chi connectivity index (χ0) is 12.1. The van der Waals surface area contributed by atoms with E-state index in [-0.39, 0.29) is 0 Å². The average Bonchev–Trinajstić information content (AvgIpc) is 2.79. The van der Waals surface area contributed by atoms with Crippen LogP contribution in [0.15, 0.2) is 18.5 Å². The van der Waals surface area contributed by atoms with E-state index in [0.717, 1.165) is 19.5 Å². The Labute approximate surface area is 108 Å². The first kappa shape index (κ1) is 13.0. The Kier molecular flexibility index (Phi) is 4.51. The van der Waals surface area contributed by atoms with Crippen LogP contribution >= 0.6 is 11.8 Å². The van der Waals surface area contributed by atoms with Gasteiger partial charge in [-0.05, 0) is 36.6 Å². The molecule has 0 aromatic carbocycles. The fraction of sp³-hybridized carbons (Fsp3) is 0.769. The quantitative estimate of drug-likeness (QED) is 0.817. The molecule has 0 saturated carbocycles. The van der Waals surface area contributed by atoms with Gasteiger partial charge in [0, 0.05) is 30.7 Å². The maximum absolute atomic E-state index is 4.21. The fourth-order valence-corrected chi connectivity index (χ4v) is 3.86. The first-order valence-corrected chi connectivity index (χ1v) is 7.62. The molecule has 1 atom stereocenters. The van der Waals surface area contributed by atoms with E-state index in [1.807, 2.05) is 23.1 Å². The molecule has 17 heavy (non-hydrogen) atoms. The van der Waals surface area contributed by atoms with Gasteiger partial charge in [-0.15, -0.1) is 0 Å². The number of aryl methyl sites for hydroxylation is 1. The predicted molar refractivity (Wildman–Crippen MR) is 74.4 cm³/mol. The summed E-state index contributed by atoms with van der Waals surface area (Å²) in [5.41, 5.74) is 0.455. The minimum absolute atomic E-state index is 0.455. The van der Waals surface area contributed by atoms with Gasteiger partial charge in [-0.3, -0.25) is 4.68 Å². The van der Waals surface area contributed by atoms with Crippen LogP contribution in [0.4, 0.5) is 0 Å². The summed E-state index contributed by atoms with van der Waals surface area (Å²) in [5.74, 6) is 2.58. The molecule has 1 unspecified atom stereocenters. The lowest BCUT2D eigenvalue weighted by Crippen LogP contribution is -2.47. The first-order chi connectivity index (χ1) is 8.18. The van der Waals surface area contributed by atoms with Crippen LogP contribution in [0.25, 0.3) is 0 Å². The van der Waals surface area contributed by atoms with Gasteiger partial charge in [0.2, 0.25) is 0 Å². The molecule has 1 aliphatic heterocycles. The Balaban J connectivity index is 1.67. The number of nitrogens with one attached hydrogen (secondary N) is 1. The van der Waals surface area contributed by atoms with Crippen LogP contribution in [0, 0.1) is 5.41 Å². The molecular weight excluding hydrogens is 230 g/mol. The lowest BCUT2D eigenvalue weighted by Gasteiger charge is -2.39.